The molecule has 0 radical (unpaired) electrons. The van der Waals surface area contributed by atoms with Crippen molar-refractivity contribution in [1.82, 2.24) is 5.16 Å². The topological polar surface area (TPSA) is 66.2 Å². The number of nitrogens with zero attached hydrogens (tertiary/aromatic N) is 1. The summed E-state index contributed by atoms with van der Waals surface area (Å²) in [5.74, 6) is 0.699. The fourth-order valence-electron chi connectivity index (χ4n) is 2.24. The van der Waals surface area contributed by atoms with Gasteiger partial charge in [-0.05, 0) is 35.7 Å². The van der Waals surface area contributed by atoms with E-state index in [1.807, 2.05) is 37.3 Å². The average molecular weight is 298 g/mol. The van der Waals surface area contributed by atoms with Crippen LogP contribution in [-0.2, 0) is 11.1 Å². The predicted molar refractivity (Wildman–Crippen MR) is 79.3 cm³/mol. The highest BCUT2D eigenvalue weighted by Gasteiger charge is 2.16. The Balaban J connectivity index is 2.10. The van der Waals surface area contributed by atoms with Crippen molar-refractivity contribution in [3.05, 3.63) is 60.4 Å². The molecule has 1 heterocycles. The van der Waals surface area contributed by atoms with E-state index in [0.29, 0.717) is 5.76 Å². The van der Waals surface area contributed by atoms with Crippen molar-refractivity contribution in [2.75, 3.05) is 0 Å². The molecule has 1 aromatic heterocycles. The SMILES string of the molecule is Cc1onc(-c2ccccc2)c1-c1ccc(S(=O)[O-])cc1. The maximum absolute atomic E-state index is 10.9. The number of rotatable bonds is 3. The van der Waals surface area contributed by atoms with E-state index in [-0.39, 0.29) is 4.90 Å². The Morgan fingerprint density at radius 2 is 1.67 bits per heavy atom. The zero-order chi connectivity index (χ0) is 14.8. The molecule has 3 aromatic rings. The zero-order valence-corrected chi connectivity index (χ0v) is 12.1. The molecule has 4 nitrogen and oxygen atoms in total. The van der Waals surface area contributed by atoms with E-state index < -0.39 is 11.1 Å². The lowest BCUT2D eigenvalue weighted by molar-refractivity contribution is 0.400. The Morgan fingerprint density at radius 3 is 2.29 bits per heavy atom. The summed E-state index contributed by atoms with van der Waals surface area (Å²) < 4.78 is 27.2. The molecule has 21 heavy (non-hydrogen) atoms. The van der Waals surface area contributed by atoms with Gasteiger partial charge in [0.05, 0.1) is 5.56 Å². The van der Waals surface area contributed by atoms with Gasteiger partial charge in [0.2, 0.25) is 0 Å². The maximum Gasteiger partial charge on any atom is 0.142 e. The summed E-state index contributed by atoms with van der Waals surface area (Å²) >= 11 is -2.22. The summed E-state index contributed by atoms with van der Waals surface area (Å²) in [6, 6.07) is 16.4. The Kier molecular flexibility index (Phi) is 3.68. The molecule has 0 amide bonds. The summed E-state index contributed by atoms with van der Waals surface area (Å²) in [5.41, 5.74) is 3.47. The summed E-state index contributed by atoms with van der Waals surface area (Å²) in [4.78, 5) is 0.258. The van der Waals surface area contributed by atoms with Crippen LogP contribution in [0, 0.1) is 6.92 Å². The second-order valence-corrected chi connectivity index (χ2v) is 5.53. The molecule has 0 bridgehead atoms. The maximum atomic E-state index is 10.9. The lowest BCUT2D eigenvalue weighted by Crippen LogP contribution is -1.89. The molecule has 5 heteroatoms. The van der Waals surface area contributed by atoms with Gasteiger partial charge in [-0.3, -0.25) is 4.21 Å². The summed E-state index contributed by atoms with van der Waals surface area (Å²) in [6.45, 7) is 1.84. The van der Waals surface area contributed by atoms with Gasteiger partial charge in [0.1, 0.15) is 11.5 Å². The predicted octanol–water partition coefficient (Wildman–Crippen LogP) is 3.56. The van der Waals surface area contributed by atoms with Crippen molar-refractivity contribution < 1.29 is 13.3 Å². The Hall–Kier alpha value is -2.24. The Bertz CT molecular complexity index is 779. The van der Waals surface area contributed by atoms with Crippen LogP contribution in [0.15, 0.2) is 64.0 Å². The first-order valence-corrected chi connectivity index (χ1v) is 7.45. The van der Waals surface area contributed by atoms with Crippen LogP contribution in [0.25, 0.3) is 22.4 Å². The van der Waals surface area contributed by atoms with Gasteiger partial charge in [-0.25, -0.2) is 0 Å². The molecule has 0 saturated carbocycles. The molecule has 106 valence electrons. The van der Waals surface area contributed by atoms with Crippen LogP contribution in [-0.4, -0.2) is 13.9 Å². The minimum atomic E-state index is -2.22. The minimum Gasteiger partial charge on any atom is -0.768 e. The molecule has 0 aliphatic heterocycles. The van der Waals surface area contributed by atoms with Gasteiger partial charge in [0.25, 0.3) is 0 Å². The Labute approximate surface area is 124 Å². The standard InChI is InChI=1S/C16H13NO3S/c1-11-15(12-7-9-14(10-8-12)21(18)19)16(17-20-11)13-5-3-2-4-6-13/h2-10H,1H3,(H,18,19)/p-1. The van der Waals surface area contributed by atoms with Crippen LogP contribution in [0.2, 0.25) is 0 Å². The highest BCUT2D eigenvalue weighted by Crippen LogP contribution is 2.34. The Morgan fingerprint density at radius 1 is 1.00 bits per heavy atom. The minimum absolute atomic E-state index is 0.258. The third-order valence-corrected chi connectivity index (χ3v) is 3.90. The summed E-state index contributed by atoms with van der Waals surface area (Å²) in [7, 11) is 0. The van der Waals surface area contributed by atoms with Crippen molar-refractivity contribution >= 4 is 11.1 Å². The smallest absolute Gasteiger partial charge is 0.142 e. The van der Waals surface area contributed by atoms with E-state index in [4.69, 9.17) is 4.52 Å². The third-order valence-electron chi connectivity index (χ3n) is 3.25. The monoisotopic (exact) mass is 298 g/mol. The molecule has 0 N–H and O–H groups in total. The van der Waals surface area contributed by atoms with Crippen LogP contribution < -0.4 is 0 Å². The molecule has 1 atom stereocenters. The second kappa shape index (κ2) is 5.63. The first kappa shape index (κ1) is 13.7. The molecule has 3 rings (SSSR count). The number of aromatic nitrogens is 1. The van der Waals surface area contributed by atoms with E-state index in [1.165, 1.54) is 0 Å². The fourth-order valence-corrected chi connectivity index (χ4v) is 2.60. The number of hydrogen-bond donors (Lipinski definition) is 0. The van der Waals surface area contributed by atoms with Crippen LogP contribution in [0.3, 0.4) is 0 Å². The zero-order valence-electron chi connectivity index (χ0n) is 11.3. The first-order valence-electron chi connectivity index (χ1n) is 6.38. The van der Waals surface area contributed by atoms with Gasteiger partial charge in [-0.15, -0.1) is 0 Å². The first-order chi connectivity index (χ1) is 10.2. The van der Waals surface area contributed by atoms with Gasteiger partial charge < -0.3 is 9.08 Å². The van der Waals surface area contributed by atoms with E-state index in [2.05, 4.69) is 5.16 Å². The molecular formula is C16H12NO3S-. The van der Waals surface area contributed by atoms with Gasteiger partial charge in [0, 0.05) is 10.5 Å². The van der Waals surface area contributed by atoms with Crippen molar-refractivity contribution in [2.45, 2.75) is 11.8 Å². The van der Waals surface area contributed by atoms with E-state index in [1.54, 1.807) is 24.3 Å². The number of benzene rings is 2. The molecule has 0 saturated heterocycles. The van der Waals surface area contributed by atoms with E-state index in [0.717, 1.165) is 22.4 Å². The van der Waals surface area contributed by atoms with Crippen LogP contribution in [0.5, 0.6) is 0 Å². The van der Waals surface area contributed by atoms with E-state index in [9.17, 15) is 8.76 Å². The quantitative estimate of drug-likeness (QED) is 0.693. The molecule has 0 aliphatic carbocycles. The molecule has 2 aromatic carbocycles. The van der Waals surface area contributed by atoms with Crippen molar-refractivity contribution in [3.8, 4) is 22.4 Å². The van der Waals surface area contributed by atoms with E-state index >= 15 is 0 Å². The second-order valence-electron chi connectivity index (χ2n) is 4.59. The van der Waals surface area contributed by atoms with Crippen LogP contribution in [0.4, 0.5) is 0 Å². The van der Waals surface area contributed by atoms with Gasteiger partial charge in [-0.2, -0.15) is 0 Å². The largest absolute Gasteiger partial charge is 0.768 e. The highest BCUT2D eigenvalue weighted by atomic mass is 32.2. The molecule has 0 fully saturated rings. The summed E-state index contributed by atoms with van der Waals surface area (Å²) in [5, 5.41) is 4.12. The van der Waals surface area contributed by atoms with Crippen LogP contribution in [0.1, 0.15) is 5.76 Å². The van der Waals surface area contributed by atoms with Crippen LogP contribution >= 0.6 is 0 Å². The average Bonchev–Trinajstić information content (AvgIpc) is 2.90. The lowest BCUT2D eigenvalue weighted by Gasteiger charge is -2.07. The van der Waals surface area contributed by atoms with Gasteiger partial charge in [-0.1, -0.05) is 47.6 Å². The third kappa shape index (κ3) is 2.66. The molecular weight excluding hydrogens is 286 g/mol. The normalized spacial score (nSPS) is 12.3. The lowest BCUT2D eigenvalue weighted by atomic mass is 10.00. The van der Waals surface area contributed by atoms with Gasteiger partial charge in [0.15, 0.2) is 0 Å². The summed E-state index contributed by atoms with van der Waals surface area (Å²) in [6.07, 6.45) is 0. The molecule has 1 unspecified atom stereocenters. The fraction of sp³-hybridized carbons (Fsp3) is 0.0625. The van der Waals surface area contributed by atoms with Crippen molar-refractivity contribution in [3.63, 3.8) is 0 Å². The molecule has 0 aliphatic rings. The molecule has 0 spiro atoms. The van der Waals surface area contributed by atoms with Crippen molar-refractivity contribution in [1.29, 1.82) is 0 Å². The number of hydrogen-bond acceptors (Lipinski definition) is 4. The number of aryl methyl sites for hydroxylation is 1. The highest BCUT2D eigenvalue weighted by molar-refractivity contribution is 7.79. The van der Waals surface area contributed by atoms with Crippen molar-refractivity contribution in [2.24, 2.45) is 0 Å². The van der Waals surface area contributed by atoms with Gasteiger partial charge >= 0.3 is 0 Å².